The van der Waals surface area contributed by atoms with Crippen LogP contribution < -0.4 is 10.1 Å². The van der Waals surface area contributed by atoms with Crippen LogP contribution in [-0.2, 0) is 9.53 Å². The Hall–Kier alpha value is -2.29. The van der Waals surface area contributed by atoms with Crippen LogP contribution in [0.15, 0.2) is 18.2 Å². The lowest BCUT2D eigenvalue weighted by Gasteiger charge is -2.18. The number of thiophene rings is 1. The number of carbonyl (C=O) groups excluding carboxylic acids is 3. The SMILES string of the molecule is CCN(CC)C(=O)c1sc(NC(=O)[C@H](C)Oc2ccc(Cl)cc2Cl)c(C(=O)OC)c1C. The summed E-state index contributed by atoms with van der Waals surface area (Å²) in [5, 5.41) is 3.61. The number of carbonyl (C=O) groups is 3. The number of methoxy groups -OCH3 is 1. The molecule has 1 aromatic heterocycles. The zero-order valence-corrected chi connectivity index (χ0v) is 20.2. The standard InChI is InChI=1S/C21H24Cl2N2O5S/c1-6-25(7-2)20(27)17-11(3)16(21(28)29-5)19(31-17)24-18(26)12(4)30-15-9-8-13(22)10-14(15)23/h8-10,12H,6-7H2,1-5H3,(H,24,26)/t12-/m0/s1. The van der Waals surface area contributed by atoms with E-state index >= 15 is 0 Å². The third-order valence-electron chi connectivity index (χ3n) is 4.58. The molecule has 168 valence electrons. The summed E-state index contributed by atoms with van der Waals surface area (Å²) < 4.78 is 10.5. The summed E-state index contributed by atoms with van der Waals surface area (Å²) in [4.78, 5) is 40.0. The van der Waals surface area contributed by atoms with Crippen molar-refractivity contribution < 1.29 is 23.9 Å². The van der Waals surface area contributed by atoms with E-state index in [-0.39, 0.29) is 21.5 Å². The number of hydrogen-bond acceptors (Lipinski definition) is 6. The molecule has 7 nitrogen and oxygen atoms in total. The Morgan fingerprint density at radius 1 is 1.19 bits per heavy atom. The number of amides is 2. The molecule has 0 bridgehead atoms. The van der Waals surface area contributed by atoms with Gasteiger partial charge in [0.1, 0.15) is 10.8 Å². The van der Waals surface area contributed by atoms with E-state index in [0.29, 0.717) is 34.3 Å². The molecule has 0 aliphatic heterocycles. The second kappa shape index (κ2) is 10.8. The Bertz CT molecular complexity index is 988. The zero-order valence-electron chi connectivity index (χ0n) is 17.9. The van der Waals surface area contributed by atoms with Gasteiger partial charge in [-0.2, -0.15) is 0 Å². The summed E-state index contributed by atoms with van der Waals surface area (Å²) in [6.07, 6.45) is -0.937. The minimum absolute atomic E-state index is 0.146. The number of halogens is 2. The average Bonchev–Trinajstić information content (AvgIpc) is 3.05. The monoisotopic (exact) mass is 486 g/mol. The number of rotatable bonds is 8. The van der Waals surface area contributed by atoms with Crippen LogP contribution in [0.4, 0.5) is 5.00 Å². The Kier molecular flexibility index (Phi) is 8.73. The van der Waals surface area contributed by atoms with Gasteiger partial charge in [0.05, 0.1) is 22.6 Å². The maximum Gasteiger partial charge on any atom is 0.341 e. The Morgan fingerprint density at radius 3 is 2.39 bits per heavy atom. The maximum absolute atomic E-state index is 12.9. The van der Waals surface area contributed by atoms with Crippen molar-refractivity contribution in [2.24, 2.45) is 0 Å². The van der Waals surface area contributed by atoms with Gasteiger partial charge in [0.15, 0.2) is 6.10 Å². The van der Waals surface area contributed by atoms with Crippen LogP contribution in [-0.4, -0.2) is 49.0 Å². The van der Waals surface area contributed by atoms with Gasteiger partial charge < -0.3 is 19.7 Å². The van der Waals surface area contributed by atoms with Crippen molar-refractivity contribution in [3.8, 4) is 5.75 Å². The quantitative estimate of drug-likeness (QED) is 0.528. The smallest absolute Gasteiger partial charge is 0.341 e. The van der Waals surface area contributed by atoms with Gasteiger partial charge in [0.25, 0.3) is 11.8 Å². The largest absolute Gasteiger partial charge is 0.479 e. The lowest BCUT2D eigenvalue weighted by atomic mass is 10.1. The molecule has 2 rings (SSSR count). The minimum atomic E-state index is -0.937. The lowest BCUT2D eigenvalue weighted by molar-refractivity contribution is -0.122. The second-order valence-corrected chi connectivity index (χ2v) is 8.42. The first-order valence-corrected chi connectivity index (χ1v) is 11.1. The van der Waals surface area contributed by atoms with Crippen LogP contribution in [0.3, 0.4) is 0 Å². The molecule has 2 aromatic rings. The molecule has 0 aliphatic rings. The number of hydrogen-bond donors (Lipinski definition) is 1. The van der Waals surface area contributed by atoms with Crippen LogP contribution in [0.2, 0.25) is 10.0 Å². The van der Waals surface area contributed by atoms with Crippen molar-refractivity contribution in [1.82, 2.24) is 4.90 Å². The predicted octanol–water partition coefficient (Wildman–Crippen LogP) is 5.04. The van der Waals surface area contributed by atoms with Crippen molar-refractivity contribution in [2.75, 3.05) is 25.5 Å². The summed E-state index contributed by atoms with van der Waals surface area (Å²) in [7, 11) is 1.24. The molecule has 0 aliphatic carbocycles. The van der Waals surface area contributed by atoms with E-state index in [1.165, 1.54) is 13.2 Å². The van der Waals surface area contributed by atoms with Crippen LogP contribution in [0, 0.1) is 6.92 Å². The van der Waals surface area contributed by atoms with Gasteiger partial charge in [-0.05, 0) is 51.5 Å². The Balaban J connectivity index is 2.31. The first-order valence-electron chi connectivity index (χ1n) is 9.58. The number of anilines is 1. The summed E-state index contributed by atoms with van der Waals surface area (Å²) in [5.41, 5.74) is 0.603. The van der Waals surface area contributed by atoms with E-state index in [4.69, 9.17) is 32.7 Å². The van der Waals surface area contributed by atoms with Gasteiger partial charge in [-0.1, -0.05) is 23.2 Å². The van der Waals surface area contributed by atoms with Gasteiger partial charge in [-0.25, -0.2) is 4.79 Å². The number of ether oxygens (including phenoxy) is 2. The first-order chi connectivity index (χ1) is 14.6. The molecular weight excluding hydrogens is 463 g/mol. The highest BCUT2D eigenvalue weighted by Crippen LogP contribution is 2.35. The topological polar surface area (TPSA) is 84.9 Å². The van der Waals surface area contributed by atoms with Gasteiger partial charge in [-0.15, -0.1) is 11.3 Å². The Morgan fingerprint density at radius 2 is 1.84 bits per heavy atom. The number of benzene rings is 1. The molecule has 10 heteroatoms. The van der Waals surface area contributed by atoms with Crippen LogP contribution in [0.5, 0.6) is 5.75 Å². The van der Waals surface area contributed by atoms with Gasteiger partial charge in [0, 0.05) is 18.1 Å². The molecule has 1 heterocycles. The number of esters is 1. The molecule has 0 saturated carbocycles. The van der Waals surface area contributed by atoms with Crippen molar-refractivity contribution in [3.05, 3.63) is 44.2 Å². The summed E-state index contributed by atoms with van der Waals surface area (Å²) in [5.74, 6) is -1.08. The van der Waals surface area contributed by atoms with E-state index < -0.39 is 18.0 Å². The third-order valence-corrected chi connectivity index (χ3v) is 6.31. The molecule has 0 fully saturated rings. The van der Waals surface area contributed by atoms with Gasteiger partial charge in [0.2, 0.25) is 0 Å². The van der Waals surface area contributed by atoms with Gasteiger partial charge >= 0.3 is 5.97 Å². The average molecular weight is 487 g/mol. The van der Waals surface area contributed by atoms with Crippen molar-refractivity contribution >= 4 is 57.3 Å². The lowest BCUT2D eigenvalue weighted by Crippen LogP contribution is -2.30. The number of nitrogens with zero attached hydrogens (tertiary/aromatic N) is 1. The van der Waals surface area contributed by atoms with Crippen molar-refractivity contribution in [1.29, 1.82) is 0 Å². The summed E-state index contributed by atoms with van der Waals surface area (Å²) in [6.45, 7) is 7.98. The highest BCUT2D eigenvalue weighted by molar-refractivity contribution is 7.18. The van der Waals surface area contributed by atoms with Crippen LogP contribution >= 0.6 is 34.5 Å². The summed E-state index contributed by atoms with van der Waals surface area (Å²) in [6, 6.07) is 4.66. The zero-order chi connectivity index (χ0) is 23.3. The fourth-order valence-corrected chi connectivity index (χ4v) is 4.45. The molecule has 0 radical (unpaired) electrons. The minimum Gasteiger partial charge on any atom is -0.479 e. The van der Waals surface area contributed by atoms with E-state index in [0.717, 1.165) is 11.3 Å². The Labute approximate surface area is 195 Å². The van der Waals surface area contributed by atoms with Crippen LogP contribution in [0.25, 0.3) is 0 Å². The predicted molar refractivity (Wildman–Crippen MR) is 123 cm³/mol. The fraction of sp³-hybridized carbons (Fsp3) is 0.381. The van der Waals surface area contributed by atoms with E-state index in [9.17, 15) is 14.4 Å². The third kappa shape index (κ3) is 5.70. The normalized spacial score (nSPS) is 11.6. The molecule has 0 saturated heterocycles. The molecule has 1 aromatic carbocycles. The highest BCUT2D eigenvalue weighted by Gasteiger charge is 2.29. The highest BCUT2D eigenvalue weighted by atomic mass is 35.5. The van der Waals surface area contributed by atoms with Gasteiger partial charge in [-0.3, -0.25) is 9.59 Å². The van der Waals surface area contributed by atoms with E-state index in [2.05, 4.69) is 5.32 Å². The molecule has 1 N–H and O–H groups in total. The molecule has 0 spiro atoms. The number of nitrogens with one attached hydrogen (secondary N) is 1. The molecule has 0 unspecified atom stereocenters. The molecule has 2 amide bonds. The second-order valence-electron chi connectivity index (χ2n) is 6.55. The summed E-state index contributed by atoms with van der Waals surface area (Å²) >= 11 is 13.0. The van der Waals surface area contributed by atoms with Crippen LogP contribution in [0.1, 0.15) is 46.4 Å². The molecular formula is C21H24Cl2N2O5S. The maximum atomic E-state index is 12.9. The molecule has 1 atom stereocenters. The van der Waals surface area contributed by atoms with Crippen molar-refractivity contribution in [2.45, 2.75) is 33.8 Å². The fourth-order valence-electron chi connectivity index (χ4n) is 2.84. The van der Waals surface area contributed by atoms with Crippen molar-refractivity contribution in [3.63, 3.8) is 0 Å². The van der Waals surface area contributed by atoms with E-state index in [1.807, 2.05) is 13.8 Å². The van der Waals surface area contributed by atoms with E-state index in [1.54, 1.807) is 30.9 Å². The molecule has 31 heavy (non-hydrogen) atoms. The first kappa shape index (κ1) is 25.0.